The van der Waals surface area contributed by atoms with E-state index in [0.717, 1.165) is 31.4 Å². The van der Waals surface area contributed by atoms with Gasteiger partial charge in [-0.1, -0.05) is 29.6 Å². The summed E-state index contributed by atoms with van der Waals surface area (Å²) in [6.45, 7) is 1.61. The molecule has 1 aliphatic heterocycles. The second-order valence-corrected chi connectivity index (χ2v) is 5.95. The Bertz CT molecular complexity index is 462. The molecular weight excluding hydrogens is 299 g/mol. The van der Waals surface area contributed by atoms with Gasteiger partial charge in [-0.15, -0.1) is 0 Å². The fraction of sp³-hybridized carbons (Fsp3) is 0.571. The first-order chi connectivity index (χ1) is 9.58. The number of aromatic nitrogens is 1. The van der Waals surface area contributed by atoms with Gasteiger partial charge in [0.15, 0.2) is 0 Å². The Labute approximate surface area is 128 Å². The van der Waals surface area contributed by atoms with Gasteiger partial charge in [0.1, 0.15) is 0 Å². The van der Waals surface area contributed by atoms with E-state index in [0.29, 0.717) is 29.1 Å². The minimum Gasteiger partial charge on any atom is -0.481 e. The molecule has 1 fully saturated rings. The number of carboxylic acids is 1. The topological polar surface area (TPSA) is 53.4 Å². The number of carboxylic acid groups (broad SMARTS) is 1. The zero-order valence-corrected chi connectivity index (χ0v) is 12.7. The van der Waals surface area contributed by atoms with Gasteiger partial charge >= 0.3 is 5.97 Å². The molecule has 0 spiro atoms. The van der Waals surface area contributed by atoms with Crippen molar-refractivity contribution in [1.29, 1.82) is 0 Å². The van der Waals surface area contributed by atoms with E-state index < -0.39 is 5.97 Å². The van der Waals surface area contributed by atoms with E-state index in [1.54, 1.807) is 12.4 Å². The van der Waals surface area contributed by atoms with E-state index in [4.69, 9.17) is 28.3 Å². The molecule has 4 nitrogen and oxygen atoms in total. The first kappa shape index (κ1) is 15.5. The maximum Gasteiger partial charge on any atom is 0.303 e. The van der Waals surface area contributed by atoms with Crippen LogP contribution >= 0.6 is 23.2 Å². The van der Waals surface area contributed by atoms with Crippen LogP contribution in [0.4, 0.5) is 0 Å². The summed E-state index contributed by atoms with van der Waals surface area (Å²) >= 11 is 12.3. The predicted octanol–water partition coefficient (Wildman–Crippen LogP) is 3.61. The van der Waals surface area contributed by atoms with Crippen molar-refractivity contribution >= 4 is 29.2 Å². The van der Waals surface area contributed by atoms with Crippen molar-refractivity contribution in [3.63, 3.8) is 0 Å². The molecule has 6 heteroatoms. The molecule has 1 N–H and O–H groups in total. The summed E-state index contributed by atoms with van der Waals surface area (Å²) in [5, 5.41) is 9.98. The van der Waals surface area contributed by atoms with Crippen molar-refractivity contribution in [3.05, 3.63) is 28.0 Å². The minimum absolute atomic E-state index is 0.207. The zero-order chi connectivity index (χ0) is 14.5. The van der Waals surface area contributed by atoms with Crippen LogP contribution in [-0.2, 0) is 11.3 Å². The number of aliphatic carboxylic acids is 1. The molecule has 0 amide bonds. The summed E-state index contributed by atoms with van der Waals surface area (Å²) in [4.78, 5) is 17.0. The Morgan fingerprint density at radius 2 is 2.05 bits per heavy atom. The van der Waals surface area contributed by atoms with Gasteiger partial charge in [-0.05, 0) is 25.8 Å². The highest BCUT2D eigenvalue weighted by atomic mass is 35.5. The zero-order valence-electron chi connectivity index (χ0n) is 11.2. The van der Waals surface area contributed by atoms with Crippen LogP contribution < -0.4 is 0 Å². The summed E-state index contributed by atoms with van der Waals surface area (Å²) in [6.07, 6.45) is 7.39. The predicted molar refractivity (Wildman–Crippen MR) is 79.2 cm³/mol. The Kier molecular flexibility index (Phi) is 5.64. The van der Waals surface area contributed by atoms with Gasteiger partial charge < -0.3 is 5.11 Å². The Morgan fingerprint density at radius 3 is 2.70 bits per heavy atom. The van der Waals surface area contributed by atoms with Crippen molar-refractivity contribution < 1.29 is 9.90 Å². The molecule has 0 saturated carbocycles. The van der Waals surface area contributed by atoms with Crippen LogP contribution in [0.5, 0.6) is 0 Å². The Hall–Kier alpha value is -0.840. The quantitative estimate of drug-likeness (QED) is 0.901. The smallest absolute Gasteiger partial charge is 0.303 e. The summed E-state index contributed by atoms with van der Waals surface area (Å²) in [6, 6.07) is 0.292. The average molecular weight is 317 g/mol. The van der Waals surface area contributed by atoms with Crippen molar-refractivity contribution in [1.82, 2.24) is 9.88 Å². The van der Waals surface area contributed by atoms with E-state index >= 15 is 0 Å². The molecule has 0 bridgehead atoms. The summed E-state index contributed by atoms with van der Waals surface area (Å²) in [5.74, 6) is -0.740. The molecule has 0 radical (unpaired) electrons. The van der Waals surface area contributed by atoms with E-state index in [1.807, 2.05) is 0 Å². The van der Waals surface area contributed by atoms with E-state index in [9.17, 15) is 4.79 Å². The monoisotopic (exact) mass is 316 g/mol. The SMILES string of the molecule is O=C(O)CCC1CCCCN1Cc1c(Cl)cncc1Cl. The molecule has 20 heavy (non-hydrogen) atoms. The molecule has 1 atom stereocenters. The molecule has 1 saturated heterocycles. The second-order valence-electron chi connectivity index (χ2n) is 5.13. The standard InChI is InChI=1S/C14H18Cl2N2O2/c15-12-7-17-8-13(16)11(12)9-18-6-2-1-3-10(18)4-5-14(19)20/h7-8,10H,1-6,9H2,(H,19,20). The van der Waals surface area contributed by atoms with Gasteiger partial charge in [0.25, 0.3) is 0 Å². The number of piperidine rings is 1. The summed E-state index contributed by atoms with van der Waals surface area (Å²) < 4.78 is 0. The van der Waals surface area contributed by atoms with Crippen molar-refractivity contribution in [2.75, 3.05) is 6.54 Å². The number of likely N-dealkylation sites (tertiary alicyclic amines) is 1. The summed E-state index contributed by atoms with van der Waals surface area (Å²) in [5.41, 5.74) is 0.880. The number of halogens is 2. The van der Waals surface area contributed by atoms with Crippen LogP contribution in [0, 0.1) is 0 Å². The van der Waals surface area contributed by atoms with Gasteiger partial charge in [0.2, 0.25) is 0 Å². The lowest BCUT2D eigenvalue weighted by molar-refractivity contribution is -0.137. The van der Waals surface area contributed by atoms with Crippen LogP contribution in [0.15, 0.2) is 12.4 Å². The molecule has 1 aliphatic rings. The lowest BCUT2D eigenvalue weighted by Crippen LogP contribution is -2.39. The van der Waals surface area contributed by atoms with Crippen molar-refractivity contribution in [2.45, 2.75) is 44.7 Å². The Morgan fingerprint density at radius 1 is 1.35 bits per heavy atom. The number of pyridine rings is 1. The fourth-order valence-corrected chi connectivity index (χ4v) is 3.16. The number of nitrogens with zero attached hydrogens (tertiary/aromatic N) is 2. The maximum absolute atomic E-state index is 10.7. The van der Waals surface area contributed by atoms with Gasteiger partial charge in [-0.25, -0.2) is 0 Å². The third-order valence-electron chi connectivity index (χ3n) is 3.75. The van der Waals surface area contributed by atoms with Crippen LogP contribution in [0.1, 0.15) is 37.7 Å². The first-order valence-corrected chi connectivity index (χ1v) is 7.57. The normalized spacial score (nSPS) is 20.0. The average Bonchev–Trinajstić information content (AvgIpc) is 2.42. The summed E-state index contributed by atoms with van der Waals surface area (Å²) in [7, 11) is 0. The lowest BCUT2D eigenvalue weighted by Gasteiger charge is -2.36. The van der Waals surface area contributed by atoms with E-state index in [1.165, 1.54) is 0 Å². The molecule has 110 valence electrons. The lowest BCUT2D eigenvalue weighted by atomic mass is 9.97. The third-order valence-corrected chi connectivity index (χ3v) is 4.41. The number of carbonyl (C=O) groups is 1. The first-order valence-electron chi connectivity index (χ1n) is 6.81. The van der Waals surface area contributed by atoms with Gasteiger partial charge in [0, 0.05) is 37.0 Å². The highest BCUT2D eigenvalue weighted by molar-refractivity contribution is 6.35. The Balaban J connectivity index is 2.06. The molecule has 1 unspecified atom stereocenters. The molecule has 0 aliphatic carbocycles. The highest BCUT2D eigenvalue weighted by Crippen LogP contribution is 2.28. The van der Waals surface area contributed by atoms with Crippen LogP contribution in [0.2, 0.25) is 10.0 Å². The molecule has 0 aromatic carbocycles. The number of hydrogen-bond acceptors (Lipinski definition) is 3. The number of hydrogen-bond donors (Lipinski definition) is 1. The highest BCUT2D eigenvalue weighted by Gasteiger charge is 2.24. The molecule has 2 rings (SSSR count). The molecule has 1 aromatic heterocycles. The van der Waals surface area contributed by atoms with Gasteiger partial charge in [-0.3, -0.25) is 14.7 Å². The number of rotatable bonds is 5. The minimum atomic E-state index is -0.740. The van der Waals surface area contributed by atoms with E-state index in [-0.39, 0.29) is 6.42 Å². The third kappa shape index (κ3) is 4.08. The molecular formula is C14H18Cl2N2O2. The van der Waals surface area contributed by atoms with Gasteiger partial charge in [0.05, 0.1) is 10.0 Å². The van der Waals surface area contributed by atoms with E-state index in [2.05, 4.69) is 9.88 Å². The fourth-order valence-electron chi connectivity index (χ4n) is 2.68. The second kappa shape index (κ2) is 7.25. The van der Waals surface area contributed by atoms with Crippen molar-refractivity contribution in [3.8, 4) is 0 Å². The van der Waals surface area contributed by atoms with Crippen LogP contribution in [-0.4, -0.2) is 33.5 Å². The van der Waals surface area contributed by atoms with Crippen LogP contribution in [0.25, 0.3) is 0 Å². The molecule has 1 aromatic rings. The largest absolute Gasteiger partial charge is 0.481 e. The molecule has 2 heterocycles. The van der Waals surface area contributed by atoms with Crippen molar-refractivity contribution in [2.24, 2.45) is 0 Å². The maximum atomic E-state index is 10.7. The van der Waals surface area contributed by atoms with Crippen LogP contribution in [0.3, 0.4) is 0 Å². The van der Waals surface area contributed by atoms with Gasteiger partial charge in [-0.2, -0.15) is 0 Å².